The standard InChI is InChI=1S/C12H28O6Si/c1-7-14-12(15-8-2,16-9-3)18-19(11-5,13-6)17-10-4/h7-11H2,1-6H3. The summed E-state index contributed by atoms with van der Waals surface area (Å²) in [6, 6.07) is 0.603. The van der Waals surface area contributed by atoms with Crippen LogP contribution in [0.3, 0.4) is 0 Å². The Kier molecular flexibility index (Phi) is 9.80. The van der Waals surface area contributed by atoms with Crippen molar-refractivity contribution in [2.45, 2.75) is 46.8 Å². The van der Waals surface area contributed by atoms with E-state index in [-0.39, 0.29) is 0 Å². The maximum atomic E-state index is 5.91. The normalized spacial score (nSPS) is 15.5. The lowest BCUT2D eigenvalue weighted by molar-refractivity contribution is -0.478. The molecular formula is C12H28O6Si. The Balaban J connectivity index is 5.10. The van der Waals surface area contributed by atoms with Crippen LogP contribution >= 0.6 is 0 Å². The van der Waals surface area contributed by atoms with E-state index in [0.29, 0.717) is 32.5 Å². The van der Waals surface area contributed by atoms with Gasteiger partial charge in [0.25, 0.3) is 0 Å². The van der Waals surface area contributed by atoms with Gasteiger partial charge in [-0.1, -0.05) is 6.92 Å². The summed E-state index contributed by atoms with van der Waals surface area (Å²) in [5.74, 6) is 0. The van der Waals surface area contributed by atoms with Crippen LogP contribution in [0.1, 0.15) is 34.6 Å². The van der Waals surface area contributed by atoms with Crippen molar-refractivity contribution in [2.75, 3.05) is 33.5 Å². The summed E-state index contributed by atoms with van der Waals surface area (Å²) in [4.78, 5) is 0. The lowest BCUT2D eigenvalue weighted by atomic mass is 10.8. The fourth-order valence-electron chi connectivity index (χ4n) is 1.60. The zero-order valence-corrected chi connectivity index (χ0v) is 14.0. The van der Waals surface area contributed by atoms with Gasteiger partial charge in [0.2, 0.25) is 0 Å². The number of ether oxygens (including phenoxy) is 3. The molecule has 0 aromatic heterocycles. The lowest BCUT2D eigenvalue weighted by Crippen LogP contribution is -2.56. The van der Waals surface area contributed by atoms with Crippen LogP contribution in [0.2, 0.25) is 6.04 Å². The Morgan fingerprint density at radius 1 is 0.789 bits per heavy atom. The van der Waals surface area contributed by atoms with E-state index in [2.05, 4.69) is 0 Å². The molecule has 7 heteroatoms. The second-order valence-electron chi connectivity index (χ2n) is 3.57. The molecular weight excluding hydrogens is 268 g/mol. The third-order valence-electron chi connectivity index (χ3n) is 2.35. The molecule has 0 amide bonds. The number of rotatable bonds is 12. The van der Waals surface area contributed by atoms with Gasteiger partial charge in [-0.3, -0.25) is 4.43 Å². The molecule has 0 saturated carbocycles. The minimum absolute atomic E-state index is 0.393. The molecule has 0 fully saturated rings. The quantitative estimate of drug-likeness (QED) is 0.407. The van der Waals surface area contributed by atoms with E-state index < -0.39 is 15.0 Å². The molecule has 0 aromatic carbocycles. The van der Waals surface area contributed by atoms with Crippen molar-refractivity contribution < 1.29 is 27.5 Å². The van der Waals surface area contributed by atoms with Crippen LogP contribution < -0.4 is 0 Å². The number of hydrogen-bond donors (Lipinski definition) is 0. The Hall–Kier alpha value is -0.0231. The maximum Gasteiger partial charge on any atom is 0.506 e. The van der Waals surface area contributed by atoms with Crippen molar-refractivity contribution in [2.24, 2.45) is 0 Å². The molecule has 0 spiro atoms. The molecule has 0 saturated heterocycles. The molecule has 0 bridgehead atoms. The minimum atomic E-state index is -2.87. The van der Waals surface area contributed by atoms with Gasteiger partial charge in [0, 0.05) is 19.8 Å². The lowest BCUT2D eigenvalue weighted by Gasteiger charge is -2.37. The van der Waals surface area contributed by atoms with E-state index in [9.17, 15) is 0 Å². The van der Waals surface area contributed by atoms with E-state index >= 15 is 0 Å². The first-order valence-electron chi connectivity index (χ1n) is 6.88. The van der Waals surface area contributed by atoms with Crippen LogP contribution in [0.5, 0.6) is 0 Å². The van der Waals surface area contributed by atoms with Gasteiger partial charge in [-0.05, 0) is 27.7 Å². The van der Waals surface area contributed by atoms with Gasteiger partial charge >= 0.3 is 15.0 Å². The average Bonchev–Trinajstić information content (AvgIpc) is 2.39. The Morgan fingerprint density at radius 2 is 1.26 bits per heavy atom. The minimum Gasteiger partial charge on any atom is -0.377 e. The SMILES string of the molecule is CCOC(OCC)(OCC)O[Si](CC)(OC)OCC. The molecule has 0 aromatic rings. The largest absolute Gasteiger partial charge is 0.506 e. The van der Waals surface area contributed by atoms with E-state index in [1.807, 2.05) is 34.6 Å². The van der Waals surface area contributed by atoms with Gasteiger partial charge < -0.3 is 23.1 Å². The van der Waals surface area contributed by atoms with Gasteiger partial charge in [0.15, 0.2) is 0 Å². The molecule has 0 rings (SSSR count). The molecule has 0 heterocycles. The van der Waals surface area contributed by atoms with Crippen molar-refractivity contribution in [3.05, 3.63) is 0 Å². The van der Waals surface area contributed by atoms with Crippen LogP contribution in [-0.2, 0) is 27.5 Å². The van der Waals surface area contributed by atoms with E-state index in [4.69, 9.17) is 27.5 Å². The molecule has 0 radical (unpaired) electrons. The van der Waals surface area contributed by atoms with E-state index in [0.717, 1.165) is 0 Å². The van der Waals surface area contributed by atoms with Gasteiger partial charge in [-0.15, -0.1) is 0 Å². The highest BCUT2D eigenvalue weighted by Gasteiger charge is 2.49. The highest BCUT2D eigenvalue weighted by Crippen LogP contribution is 2.26. The third-order valence-corrected chi connectivity index (χ3v) is 5.13. The zero-order valence-electron chi connectivity index (χ0n) is 13.0. The molecule has 116 valence electrons. The summed E-state index contributed by atoms with van der Waals surface area (Å²) < 4.78 is 33.6. The summed E-state index contributed by atoms with van der Waals surface area (Å²) in [7, 11) is -1.30. The molecule has 1 unspecified atom stereocenters. The molecule has 19 heavy (non-hydrogen) atoms. The smallest absolute Gasteiger partial charge is 0.377 e. The number of hydrogen-bond acceptors (Lipinski definition) is 6. The Morgan fingerprint density at radius 3 is 1.53 bits per heavy atom. The molecule has 0 aliphatic carbocycles. The zero-order chi connectivity index (χ0) is 14.8. The molecule has 0 N–H and O–H groups in total. The van der Waals surface area contributed by atoms with Crippen LogP contribution in [-0.4, -0.2) is 48.5 Å². The van der Waals surface area contributed by atoms with Gasteiger partial charge in [0.05, 0.1) is 19.8 Å². The molecule has 1 atom stereocenters. The van der Waals surface area contributed by atoms with Crippen molar-refractivity contribution >= 4 is 8.80 Å². The highest BCUT2D eigenvalue weighted by atomic mass is 28.4. The second-order valence-corrected chi connectivity index (χ2v) is 6.55. The van der Waals surface area contributed by atoms with Crippen LogP contribution in [0.4, 0.5) is 0 Å². The van der Waals surface area contributed by atoms with Crippen LogP contribution in [0, 0.1) is 0 Å². The second kappa shape index (κ2) is 9.81. The maximum absolute atomic E-state index is 5.91. The topological polar surface area (TPSA) is 55.4 Å². The molecule has 0 aliphatic heterocycles. The van der Waals surface area contributed by atoms with Crippen molar-refractivity contribution in [3.63, 3.8) is 0 Å². The predicted molar refractivity (Wildman–Crippen MR) is 73.6 cm³/mol. The van der Waals surface area contributed by atoms with E-state index in [1.54, 1.807) is 7.11 Å². The third kappa shape index (κ3) is 5.86. The molecule has 6 nitrogen and oxygen atoms in total. The Labute approximate surface area is 117 Å². The van der Waals surface area contributed by atoms with Crippen LogP contribution in [0.15, 0.2) is 0 Å². The molecule has 0 aliphatic rings. The summed E-state index contributed by atoms with van der Waals surface area (Å²) in [5, 5.41) is 0. The predicted octanol–water partition coefficient (Wildman–Crippen LogP) is 2.37. The van der Waals surface area contributed by atoms with Gasteiger partial charge in [0.1, 0.15) is 0 Å². The van der Waals surface area contributed by atoms with Crippen molar-refractivity contribution in [1.29, 1.82) is 0 Å². The fraction of sp³-hybridized carbons (Fsp3) is 1.00. The first-order chi connectivity index (χ1) is 9.07. The fourth-order valence-corrected chi connectivity index (χ4v) is 3.50. The summed E-state index contributed by atoms with van der Waals surface area (Å²) in [6.07, 6.45) is -1.55. The first-order valence-corrected chi connectivity index (χ1v) is 8.81. The van der Waals surface area contributed by atoms with Gasteiger partial charge in [-0.2, -0.15) is 0 Å². The summed E-state index contributed by atoms with van der Waals surface area (Å²) in [5.41, 5.74) is 0. The van der Waals surface area contributed by atoms with Crippen LogP contribution in [0.25, 0.3) is 0 Å². The van der Waals surface area contributed by atoms with Crippen molar-refractivity contribution in [1.82, 2.24) is 0 Å². The summed E-state index contributed by atoms with van der Waals surface area (Å²) in [6.45, 7) is 11.0. The summed E-state index contributed by atoms with van der Waals surface area (Å²) >= 11 is 0. The average molecular weight is 296 g/mol. The Bertz CT molecular complexity index is 205. The van der Waals surface area contributed by atoms with E-state index in [1.165, 1.54) is 0 Å². The first kappa shape index (κ1) is 19.0. The monoisotopic (exact) mass is 296 g/mol. The highest BCUT2D eigenvalue weighted by molar-refractivity contribution is 6.60. The van der Waals surface area contributed by atoms with Crippen molar-refractivity contribution in [3.8, 4) is 0 Å². The van der Waals surface area contributed by atoms with Gasteiger partial charge in [-0.25, -0.2) is 0 Å².